The summed E-state index contributed by atoms with van der Waals surface area (Å²) in [5.74, 6) is 0.0540. The molecule has 1 heterocycles. The summed E-state index contributed by atoms with van der Waals surface area (Å²) in [6.07, 6.45) is 0. The molecular formula is C14H19N3O3S. The van der Waals surface area contributed by atoms with E-state index in [0.717, 1.165) is 5.56 Å². The lowest BCUT2D eigenvalue weighted by Crippen LogP contribution is -2.17. The van der Waals surface area contributed by atoms with E-state index in [2.05, 4.69) is 10.2 Å². The number of rotatable bonds is 5. The number of hydrogen-bond donors (Lipinski definition) is 1. The second-order valence-corrected chi connectivity index (χ2v) is 7.29. The van der Waals surface area contributed by atoms with Crippen LogP contribution in [0.5, 0.6) is 0 Å². The van der Waals surface area contributed by atoms with E-state index in [1.807, 2.05) is 39.0 Å². The predicted molar refractivity (Wildman–Crippen MR) is 78.1 cm³/mol. The van der Waals surface area contributed by atoms with Gasteiger partial charge >= 0.3 is 5.22 Å². The van der Waals surface area contributed by atoms with Gasteiger partial charge in [-0.3, -0.25) is 0 Å². The van der Waals surface area contributed by atoms with E-state index in [0.29, 0.717) is 5.56 Å². The predicted octanol–water partition coefficient (Wildman–Crippen LogP) is 2.01. The summed E-state index contributed by atoms with van der Waals surface area (Å²) in [6.45, 7) is 5.70. The van der Waals surface area contributed by atoms with E-state index in [1.165, 1.54) is 0 Å². The molecule has 0 amide bonds. The number of nitrogens with two attached hydrogens (primary N) is 1. The van der Waals surface area contributed by atoms with Gasteiger partial charge < -0.3 is 10.2 Å². The molecule has 0 saturated carbocycles. The highest BCUT2D eigenvalue weighted by Crippen LogP contribution is 2.21. The molecule has 2 N–H and O–H groups in total. The Labute approximate surface area is 124 Å². The standard InChI is InChI=1S/C14H19N3O3S/c1-9(2)12(15)13-16-17-14(20-13)21(18,19)8-11-6-4-5-10(3)7-11/h4-7,9,12H,8,15H2,1-3H3. The van der Waals surface area contributed by atoms with Crippen molar-refractivity contribution in [2.45, 2.75) is 37.8 Å². The average Bonchev–Trinajstić information content (AvgIpc) is 2.87. The summed E-state index contributed by atoms with van der Waals surface area (Å²) in [5.41, 5.74) is 7.56. The Bertz CT molecular complexity index is 723. The van der Waals surface area contributed by atoms with E-state index >= 15 is 0 Å². The first kappa shape index (κ1) is 15.7. The van der Waals surface area contributed by atoms with Gasteiger partial charge in [0.1, 0.15) is 0 Å². The molecule has 0 radical (unpaired) electrons. The van der Waals surface area contributed by atoms with E-state index in [1.54, 1.807) is 6.07 Å². The van der Waals surface area contributed by atoms with Crippen LogP contribution in [0.2, 0.25) is 0 Å². The Morgan fingerprint density at radius 2 is 2.00 bits per heavy atom. The molecule has 2 rings (SSSR count). The topological polar surface area (TPSA) is 99.1 Å². The zero-order valence-electron chi connectivity index (χ0n) is 12.3. The molecule has 2 aromatic rings. The zero-order valence-corrected chi connectivity index (χ0v) is 13.1. The number of nitrogens with zero attached hydrogens (tertiary/aromatic N) is 2. The van der Waals surface area contributed by atoms with Crippen molar-refractivity contribution in [1.29, 1.82) is 0 Å². The summed E-state index contributed by atoms with van der Waals surface area (Å²) < 4.78 is 29.8. The van der Waals surface area contributed by atoms with Crippen molar-refractivity contribution >= 4 is 9.84 Å². The summed E-state index contributed by atoms with van der Waals surface area (Å²) in [7, 11) is -3.66. The van der Waals surface area contributed by atoms with Gasteiger partial charge in [-0.25, -0.2) is 8.42 Å². The molecular weight excluding hydrogens is 290 g/mol. The van der Waals surface area contributed by atoms with Crippen molar-refractivity contribution in [2.24, 2.45) is 11.7 Å². The molecule has 0 saturated heterocycles. The molecule has 1 unspecified atom stereocenters. The van der Waals surface area contributed by atoms with Crippen molar-refractivity contribution in [3.8, 4) is 0 Å². The van der Waals surface area contributed by atoms with Crippen molar-refractivity contribution in [3.05, 3.63) is 41.3 Å². The van der Waals surface area contributed by atoms with Gasteiger partial charge in [-0.1, -0.05) is 48.8 Å². The Kier molecular flexibility index (Phi) is 4.43. The molecule has 0 spiro atoms. The van der Waals surface area contributed by atoms with Crippen LogP contribution in [0.15, 0.2) is 33.9 Å². The third-order valence-electron chi connectivity index (χ3n) is 3.13. The Morgan fingerprint density at radius 1 is 1.29 bits per heavy atom. The number of aryl methyl sites for hydroxylation is 1. The van der Waals surface area contributed by atoms with Gasteiger partial charge in [0.25, 0.3) is 0 Å². The van der Waals surface area contributed by atoms with Gasteiger partial charge in [-0.05, 0) is 18.4 Å². The average molecular weight is 309 g/mol. The first-order valence-corrected chi connectivity index (χ1v) is 8.32. The molecule has 1 aromatic heterocycles. The maximum atomic E-state index is 12.3. The SMILES string of the molecule is Cc1cccc(CS(=O)(=O)c2nnc(C(N)C(C)C)o2)c1. The highest BCUT2D eigenvalue weighted by Gasteiger charge is 2.25. The molecule has 21 heavy (non-hydrogen) atoms. The summed E-state index contributed by atoms with van der Waals surface area (Å²) in [4.78, 5) is 0. The molecule has 0 bridgehead atoms. The molecule has 7 heteroatoms. The van der Waals surface area contributed by atoms with Gasteiger partial charge in [0.15, 0.2) is 0 Å². The van der Waals surface area contributed by atoms with Crippen molar-refractivity contribution in [1.82, 2.24) is 10.2 Å². The lowest BCUT2D eigenvalue weighted by atomic mass is 10.1. The second-order valence-electron chi connectivity index (χ2n) is 5.42. The van der Waals surface area contributed by atoms with E-state index < -0.39 is 15.9 Å². The molecule has 0 fully saturated rings. The summed E-state index contributed by atoms with van der Waals surface area (Å²) in [5, 5.41) is 6.99. The van der Waals surface area contributed by atoms with Crippen molar-refractivity contribution < 1.29 is 12.8 Å². The van der Waals surface area contributed by atoms with Gasteiger partial charge in [-0.2, -0.15) is 0 Å². The van der Waals surface area contributed by atoms with Crippen LogP contribution in [-0.4, -0.2) is 18.6 Å². The number of benzene rings is 1. The van der Waals surface area contributed by atoms with Crippen LogP contribution in [0.4, 0.5) is 0 Å². The molecule has 1 aromatic carbocycles. The highest BCUT2D eigenvalue weighted by atomic mass is 32.2. The first-order valence-electron chi connectivity index (χ1n) is 6.67. The molecule has 1 atom stereocenters. The van der Waals surface area contributed by atoms with Gasteiger partial charge in [0, 0.05) is 0 Å². The highest BCUT2D eigenvalue weighted by molar-refractivity contribution is 7.90. The molecule has 6 nitrogen and oxygen atoms in total. The van der Waals surface area contributed by atoms with Crippen LogP contribution in [0, 0.1) is 12.8 Å². The Balaban J connectivity index is 2.24. The minimum Gasteiger partial charge on any atom is -0.411 e. The van der Waals surface area contributed by atoms with Crippen LogP contribution in [0.25, 0.3) is 0 Å². The molecule has 0 aliphatic heterocycles. The Hall–Kier alpha value is -1.73. The number of aromatic nitrogens is 2. The monoisotopic (exact) mass is 309 g/mol. The fourth-order valence-electron chi connectivity index (χ4n) is 1.85. The lowest BCUT2D eigenvalue weighted by Gasteiger charge is -2.09. The molecule has 0 aliphatic carbocycles. The molecule has 114 valence electrons. The maximum absolute atomic E-state index is 12.3. The summed E-state index contributed by atoms with van der Waals surface area (Å²) in [6, 6.07) is 6.81. The van der Waals surface area contributed by atoms with Crippen LogP contribution in [0.1, 0.15) is 36.9 Å². The van der Waals surface area contributed by atoms with Crippen molar-refractivity contribution in [2.75, 3.05) is 0 Å². The maximum Gasteiger partial charge on any atom is 0.335 e. The number of hydrogen-bond acceptors (Lipinski definition) is 6. The largest absolute Gasteiger partial charge is 0.411 e. The van der Waals surface area contributed by atoms with Crippen LogP contribution >= 0.6 is 0 Å². The van der Waals surface area contributed by atoms with E-state index in [4.69, 9.17) is 10.2 Å². The van der Waals surface area contributed by atoms with Gasteiger partial charge in [0.2, 0.25) is 15.7 Å². The van der Waals surface area contributed by atoms with Gasteiger partial charge in [-0.15, -0.1) is 5.10 Å². The summed E-state index contributed by atoms with van der Waals surface area (Å²) >= 11 is 0. The minimum atomic E-state index is -3.66. The quantitative estimate of drug-likeness (QED) is 0.907. The fraction of sp³-hybridized carbons (Fsp3) is 0.429. The third kappa shape index (κ3) is 3.68. The van der Waals surface area contributed by atoms with Crippen LogP contribution in [0.3, 0.4) is 0 Å². The lowest BCUT2D eigenvalue weighted by molar-refractivity contribution is 0.341. The van der Waals surface area contributed by atoms with E-state index in [-0.39, 0.29) is 22.8 Å². The van der Waals surface area contributed by atoms with E-state index in [9.17, 15) is 8.42 Å². The van der Waals surface area contributed by atoms with Gasteiger partial charge in [0.05, 0.1) is 11.8 Å². The zero-order chi connectivity index (χ0) is 15.6. The normalized spacial score (nSPS) is 13.6. The number of sulfone groups is 1. The van der Waals surface area contributed by atoms with Crippen LogP contribution < -0.4 is 5.73 Å². The smallest absolute Gasteiger partial charge is 0.335 e. The Morgan fingerprint density at radius 3 is 2.62 bits per heavy atom. The van der Waals surface area contributed by atoms with Crippen LogP contribution in [-0.2, 0) is 15.6 Å². The first-order chi connectivity index (χ1) is 9.79. The minimum absolute atomic E-state index is 0.0813. The third-order valence-corrected chi connectivity index (χ3v) is 4.54. The second kappa shape index (κ2) is 5.95. The molecule has 0 aliphatic rings. The van der Waals surface area contributed by atoms with Crippen molar-refractivity contribution in [3.63, 3.8) is 0 Å². The fourth-order valence-corrected chi connectivity index (χ4v) is 2.97.